The van der Waals surface area contributed by atoms with Crippen LogP contribution in [0.1, 0.15) is 28.8 Å². The first-order chi connectivity index (χ1) is 12.6. The largest absolute Gasteiger partial charge is 0.331 e. The average molecular weight is 370 g/mol. The van der Waals surface area contributed by atoms with Crippen molar-refractivity contribution in [3.63, 3.8) is 0 Å². The number of nitrogens with zero attached hydrogens (tertiary/aromatic N) is 3. The lowest BCUT2D eigenvalue weighted by atomic mass is 10.2. The monoisotopic (exact) mass is 369 g/mol. The number of halogens is 2. The van der Waals surface area contributed by atoms with Gasteiger partial charge in [0.2, 0.25) is 0 Å². The van der Waals surface area contributed by atoms with Crippen LogP contribution in [0.3, 0.4) is 0 Å². The van der Waals surface area contributed by atoms with Gasteiger partial charge in [0, 0.05) is 18.8 Å². The van der Waals surface area contributed by atoms with E-state index in [1.165, 1.54) is 12.1 Å². The minimum atomic E-state index is -0.279. The third kappa shape index (κ3) is 3.48. The van der Waals surface area contributed by atoms with Crippen molar-refractivity contribution in [1.29, 1.82) is 0 Å². The summed E-state index contributed by atoms with van der Waals surface area (Å²) in [5.74, 6) is -0.353. The van der Waals surface area contributed by atoms with E-state index in [0.717, 1.165) is 24.1 Å². The summed E-state index contributed by atoms with van der Waals surface area (Å²) in [4.78, 5) is 14.8. The molecule has 132 valence electrons. The summed E-state index contributed by atoms with van der Waals surface area (Å²) in [5.41, 5.74) is 2.15. The number of aromatic nitrogens is 2. The van der Waals surface area contributed by atoms with Gasteiger partial charge in [0.15, 0.2) is 0 Å². The Balaban J connectivity index is 1.57. The van der Waals surface area contributed by atoms with Crippen LogP contribution in [0.5, 0.6) is 0 Å². The Morgan fingerprint density at radius 2 is 1.92 bits per heavy atom. The molecule has 0 atom stereocenters. The van der Waals surface area contributed by atoms with E-state index in [4.69, 9.17) is 11.6 Å². The molecular formula is C20H17ClFN3O. The molecule has 0 spiro atoms. The van der Waals surface area contributed by atoms with Crippen molar-refractivity contribution < 1.29 is 9.18 Å². The molecule has 1 saturated carbocycles. The standard InChI is InChI=1S/C20H17ClFN3O/c21-18-3-1-2-4-19(18)25-13-15(11-23-25)20(26)24(17-9-10-17)12-14-5-7-16(22)8-6-14/h1-8,11,13,17H,9-10,12H2. The highest BCUT2D eigenvalue weighted by Gasteiger charge is 2.33. The van der Waals surface area contributed by atoms with Crippen molar-refractivity contribution in [2.45, 2.75) is 25.4 Å². The third-order valence-corrected chi connectivity index (χ3v) is 4.76. The molecule has 1 aliphatic carbocycles. The van der Waals surface area contributed by atoms with Crippen molar-refractivity contribution in [3.8, 4) is 5.69 Å². The Labute approximate surface area is 155 Å². The van der Waals surface area contributed by atoms with Gasteiger partial charge in [-0.25, -0.2) is 9.07 Å². The van der Waals surface area contributed by atoms with Gasteiger partial charge in [-0.2, -0.15) is 5.10 Å². The Bertz CT molecular complexity index is 934. The maximum atomic E-state index is 13.1. The topological polar surface area (TPSA) is 38.1 Å². The van der Waals surface area contributed by atoms with E-state index >= 15 is 0 Å². The van der Waals surface area contributed by atoms with E-state index in [2.05, 4.69) is 5.10 Å². The predicted molar refractivity (Wildman–Crippen MR) is 97.9 cm³/mol. The molecular weight excluding hydrogens is 353 g/mol. The molecule has 0 radical (unpaired) electrons. The van der Waals surface area contributed by atoms with Crippen LogP contribution in [0.15, 0.2) is 60.9 Å². The Morgan fingerprint density at radius 1 is 1.19 bits per heavy atom. The first kappa shape index (κ1) is 16.8. The predicted octanol–water partition coefficient (Wildman–Crippen LogP) is 4.47. The lowest BCUT2D eigenvalue weighted by Crippen LogP contribution is -2.32. The van der Waals surface area contributed by atoms with Crippen LogP contribution in [0, 0.1) is 5.82 Å². The molecule has 4 rings (SSSR count). The molecule has 26 heavy (non-hydrogen) atoms. The maximum Gasteiger partial charge on any atom is 0.257 e. The van der Waals surface area contributed by atoms with Crippen molar-refractivity contribution in [2.24, 2.45) is 0 Å². The van der Waals surface area contributed by atoms with E-state index in [9.17, 15) is 9.18 Å². The maximum absolute atomic E-state index is 13.1. The second-order valence-electron chi connectivity index (χ2n) is 6.42. The van der Waals surface area contributed by atoms with Crippen LogP contribution in [0.25, 0.3) is 5.69 Å². The minimum Gasteiger partial charge on any atom is -0.331 e. The van der Waals surface area contributed by atoms with Gasteiger partial charge in [0.1, 0.15) is 5.82 Å². The zero-order valence-corrected chi connectivity index (χ0v) is 14.7. The summed E-state index contributed by atoms with van der Waals surface area (Å²) >= 11 is 6.20. The summed E-state index contributed by atoms with van der Waals surface area (Å²) in [5, 5.41) is 4.85. The van der Waals surface area contributed by atoms with E-state index in [1.807, 2.05) is 23.1 Å². The first-order valence-corrected chi connectivity index (χ1v) is 8.84. The molecule has 2 aromatic carbocycles. The van der Waals surface area contributed by atoms with Crippen molar-refractivity contribution in [1.82, 2.24) is 14.7 Å². The lowest BCUT2D eigenvalue weighted by Gasteiger charge is -2.22. The number of rotatable bonds is 5. The SMILES string of the molecule is O=C(c1cnn(-c2ccccc2Cl)c1)N(Cc1ccc(F)cc1)C1CC1. The van der Waals surface area contributed by atoms with Crippen LogP contribution in [0.4, 0.5) is 4.39 Å². The zero-order chi connectivity index (χ0) is 18.1. The molecule has 1 fully saturated rings. The Morgan fingerprint density at radius 3 is 2.62 bits per heavy atom. The third-order valence-electron chi connectivity index (χ3n) is 4.44. The van der Waals surface area contributed by atoms with Gasteiger partial charge in [-0.05, 0) is 42.7 Å². The first-order valence-electron chi connectivity index (χ1n) is 8.47. The number of hydrogen-bond acceptors (Lipinski definition) is 2. The summed E-state index contributed by atoms with van der Waals surface area (Å²) in [6.07, 6.45) is 5.24. The summed E-state index contributed by atoms with van der Waals surface area (Å²) in [6, 6.07) is 13.8. The smallest absolute Gasteiger partial charge is 0.257 e. The van der Waals surface area contributed by atoms with Crippen LogP contribution in [0.2, 0.25) is 5.02 Å². The number of hydrogen-bond donors (Lipinski definition) is 0. The highest BCUT2D eigenvalue weighted by Crippen LogP contribution is 2.30. The second-order valence-corrected chi connectivity index (χ2v) is 6.82. The number of para-hydroxylation sites is 1. The van der Waals surface area contributed by atoms with Gasteiger partial charge in [-0.1, -0.05) is 35.9 Å². The number of amides is 1. The zero-order valence-electron chi connectivity index (χ0n) is 14.0. The molecule has 0 unspecified atom stereocenters. The highest BCUT2D eigenvalue weighted by atomic mass is 35.5. The van der Waals surface area contributed by atoms with Crippen LogP contribution in [-0.2, 0) is 6.54 Å². The Kier molecular flexibility index (Phi) is 4.47. The molecule has 1 aliphatic rings. The molecule has 3 aromatic rings. The fraction of sp³-hybridized carbons (Fsp3) is 0.200. The molecule has 0 N–H and O–H groups in total. The molecule has 1 amide bonds. The van der Waals surface area contributed by atoms with E-state index < -0.39 is 0 Å². The molecule has 0 aliphatic heterocycles. The van der Waals surface area contributed by atoms with Gasteiger partial charge in [0.25, 0.3) is 5.91 Å². The van der Waals surface area contributed by atoms with Crippen LogP contribution >= 0.6 is 11.6 Å². The van der Waals surface area contributed by atoms with Gasteiger partial charge in [-0.3, -0.25) is 4.79 Å². The second kappa shape index (κ2) is 6.92. The van der Waals surface area contributed by atoms with Crippen LogP contribution in [-0.4, -0.2) is 26.6 Å². The Hall–Kier alpha value is -2.66. The van der Waals surface area contributed by atoms with Gasteiger partial charge in [0.05, 0.1) is 22.5 Å². The van der Waals surface area contributed by atoms with E-state index in [0.29, 0.717) is 17.1 Å². The molecule has 6 heteroatoms. The van der Waals surface area contributed by atoms with E-state index in [-0.39, 0.29) is 17.8 Å². The number of benzene rings is 2. The van der Waals surface area contributed by atoms with Gasteiger partial charge < -0.3 is 4.90 Å². The fourth-order valence-electron chi connectivity index (χ4n) is 2.91. The summed E-state index contributed by atoms with van der Waals surface area (Å²) < 4.78 is 14.7. The average Bonchev–Trinajstić information content (AvgIpc) is 3.37. The quantitative estimate of drug-likeness (QED) is 0.665. The van der Waals surface area contributed by atoms with Crippen molar-refractivity contribution in [2.75, 3.05) is 0 Å². The molecule has 1 aromatic heterocycles. The van der Waals surface area contributed by atoms with E-state index in [1.54, 1.807) is 35.3 Å². The van der Waals surface area contributed by atoms with Crippen molar-refractivity contribution in [3.05, 3.63) is 82.9 Å². The normalized spacial score (nSPS) is 13.6. The molecule has 4 nitrogen and oxygen atoms in total. The highest BCUT2D eigenvalue weighted by molar-refractivity contribution is 6.32. The number of carbonyl (C=O) groups is 1. The van der Waals surface area contributed by atoms with Gasteiger partial charge >= 0.3 is 0 Å². The lowest BCUT2D eigenvalue weighted by molar-refractivity contribution is 0.0730. The van der Waals surface area contributed by atoms with Crippen LogP contribution < -0.4 is 0 Å². The van der Waals surface area contributed by atoms with Crippen molar-refractivity contribution >= 4 is 17.5 Å². The molecule has 1 heterocycles. The molecule has 0 bridgehead atoms. The molecule has 0 saturated heterocycles. The fourth-order valence-corrected chi connectivity index (χ4v) is 3.13. The number of carbonyl (C=O) groups excluding carboxylic acids is 1. The van der Waals surface area contributed by atoms with Gasteiger partial charge in [-0.15, -0.1) is 0 Å². The summed E-state index contributed by atoms with van der Waals surface area (Å²) in [7, 11) is 0. The summed E-state index contributed by atoms with van der Waals surface area (Å²) in [6.45, 7) is 0.459. The minimum absolute atomic E-state index is 0.0740.